The molecule has 0 bridgehead atoms. The lowest BCUT2D eigenvalue weighted by Crippen LogP contribution is -1.91. The van der Waals surface area contributed by atoms with Gasteiger partial charge in [-0.05, 0) is 24.5 Å². The molecule has 3 rings (SSSR count). The Labute approximate surface area is 176 Å². The quantitative estimate of drug-likeness (QED) is 0.318. The van der Waals surface area contributed by atoms with Gasteiger partial charge in [-0.1, -0.05) is 113 Å². The van der Waals surface area contributed by atoms with Crippen LogP contribution < -0.4 is 0 Å². The van der Waals surface area contributed by atoms with Crippen LogP contribution in [0, 0.1) is 0 Å². The number of phenols is 1. The Hall–Kier alpha value is -2.35. The fourth-order valence-corrected chi connectivity index (χ4v) is 3.99. The third-order valence-corrected chi connectivity index (χ3v) is 5.79. The fraction of sp³-hybridized carbons (Fsp3) is 0.444. The molecule has 0 amide bonds. The van der Waals surface area contributed by atoms with E-state index in [1.165, 1.54) is 57.8 Å². The largest absolute Gasteiger partial charge is 0.505 e. The number of rotatable bonds is 12. The van der Waals surface area contributed by atoms with Crippen LogP contribution in [0.1, 0.15) is 76.7 Å². The molecule has 29 heavy (non-hydrogen) atoms. The molecule has 0 spiro atoms. The molecule has 154 valence electrons. The van der Waals surface area contributed by atoms with E-state index in [-0.39, 0.29) is 0 Å². The highest BCUT2D eigenvalue weighted by Crippen LogP contribution is 2.30. The minimum absolute atomic E-state index is 0.358. The van der Waals surface area contributed by atoms with Crippen molar-refractivity contribution in [1.29, 1.82) is 0 Å². The number of unbranched alkanes of at least 4 members (excludes halogenated alkanes) is 9. The number of phenolic OH excluding ortho intramolecular Hbond substituents is 1. The smallest absolute Gasteiger partial charge is 0.145 e. The standard InChI is InChI=1S/C27H35NO/c1-2-3-4-5-6-7-8-9-10-12-17-24-19-18-23-20-21-25(28-26(23)27(24)29)22-15-13-11-14-16-22/h11,13-16,18-21,29H,2-10,12,17H2,1H3. The maximum atomic E-state index is 10.8. The topological polar surface area (TPSA) is 33.1 Å². The van der Waals surface area contributed by atoms with E-state index in [1.54, 1.807) is 0 Å². The van der Waals surface area contributed by atoms with Crippen LogP contribution in [0.3, 0.4) is 0 Å². The van der Waals surface area contributed by atoms with E-state index in [2.05, 4.69) is 37.3 Å². The van der Waals surface area contributed by atoms with Gasteiger partial charge in [0, 0.05) is 10.9 Å². The van der Waals surface area contributed by atoms with Crippen molar-refractivity contribution in [2.45, 2.75) is 77.6 Å². The van der Waals surface area contributed by atoms with Gasteiger partial charge in [0.05, 0.1) is 5.69 Å². The van der Waals surface area contributed by atoms with E-state index in [9.17, 15) is 5.11 Å². The Bertz CT molecular complexity index is 872. The third kappa shape index (κ3) is 6.32. The van der Waals surface area contributed by atoms with Crippen molar-refractivity contribution in [1.82, 2.24) is 4.98 Å². The van der Waals surface area contributed by atoms with Gasteiger partial charge in [-0.15, -0.1) is 0 Å². The second kappa shape index (κ2) is 11.6. The van der Waals surface area contributed by atoms with Crippen LogP contribution in [-0.4, -0.2) is 10.1 Å². The van der Waals surface area contributed by atoms with E-state index < -0.39 is 0 Å². The molecule has 2 aromatic carbocycles. The molecule has 0 radical (unpaired) electrons. The minimum atomic E-state index is 0.358. The first kappa shape index (κ1) is 21.4. The fourth-order valence-electron chi connectivity index (χ4n) is 3.99. The van der Waals surface area contributed by atoms with Gasteiger partial charge in [0.15, 0.2) is 0 Å². The summed E-state index contributed by atoms with van der Waals surface area (Å²) in [6.45, 7) is 2.27. The van der Waals surface area contributed by atoms with Gasteiger partial charge >= 0.3 is 0 Å². The molecule has 1 N–H and O–H groups in total. The predicted octanol–water partition coefficient (Wildman–Crippen LogP) is 8.07. The first-order chi connectivity index (χ1) is 14.3. The molecule has 2 nitrogen and oxygen atoms in total. The first-order valence-corrected chi connectivity index (χ1v) is 11.5. The van der Waals surface area contributed by atoms with Crippen molar-refractivity contribution in [3.8, 4) is 17.0 Å². The molecular weight excluding hydrogens is 354 g/mol. The van der Waals surface area contributed by atoms with Gasteiger partial charge in [0.1, 0.15) is 11.3 Å². The summed E-state index contributed by atoms with van der Waals surface area (Å²) in [5, 5.41) is 11.8. The highest BCUT2D eigenvalue weighted by Gasteiger charge is 2.09. The highest BCUT2D eigenvalue weighted by molar-refractivity contribution is 5.87. The van der Waals surface area contributed by atoms with Gasteiger partial charge in [-0.3, -0.25) is 0 Å². The summed E-state index contributed by atoms with van der Waals surface area (Å²) in [6, 6.07) is 18.4. The number of pyridine rings is 1. The number of fused-ring (bicyclic) bond motifs is 1. The number of benzene rings is 2. The van der Waals surface area contributed by atoms with E-state index in [0.29, 0.717) is 5.75 Å². The zero-order chi connectivity index (χ0) is 20.3. The SMILES string of the molecule is CCCCCCCCCCCCc1ccc2ccc(-c3ccccc3)nc2c1O. The Morgan fingerprint density at radius 1 is 0.690 bits per heavy atom. The van der Waals surface area contributed by atoms with Crippen molar-refractivity contribution in [3.63, 3.8) is 0 Å². The minimum Gasteiger partial charge on any atom is -0.505 e. The van der Waals surface area contributed by atoms with Crippen LogP contribution in [0.5, 0.6) is 5.75 Å². The molecule has 1 aromatic heterocycles. The van der Waals surface area contributed by atoms with Crippen molar-refractivity contribution in [2.75, 3.05) is 0 Å². The average Bonchev–Trinajstić information content (AvgIpc) is 2.77. The number of nitrogens with zero attached hydrogens (tertiary/aromatic N) is 1. The summed E-state index contributed by atoms with van der Waals surface area (Å²) in [7, 11) is 0. The van der Waals surface area contributed by atoms with Crippen LogP contribution in [0.15, 0.2) is 54.6 Å². The molecule has 0 atom stereocenters. The molecule has 0 saturated heterocycles. The van der Waals surface area contributed by atoms with Gasteiger partial charge in [0.25, 0.3) is 0 Å². The Morgan fingerprint density at radius 2 is 1.31 bits per heavy atom. The van der Waals surface area contributed by atoms with Crippen molar-refractivity contribution in [2.24, 2.45) is 0 Å². The van der Waals surface area contributed by atoms with Crippen LogP contribution >= 0.6 is 0 Å². The average molecular weight is 390 g/mol. The Morgan fingerprint density at radius 3 is 2.00 bits per heavy atom. The summed E-state index contributed by atoms with van der Waals surface area (Å²) in [5.74, 6) is 0.358. The summed E-state index contributed by atoms with van der Waals surface area (Å²) < 4.78 is 0. The zero-order valence-electron chi connectivity index (χ0n) is 17.9. The van der Waals surface area contributed by atoms with Crippen molar-refractivity contribution >= 4 is 10.9 Å². The molecular formula is C27H35NO. The number of hydrogen-bond acceptors (Lipinski definition) is 2. The van der Waals surface area contributed by atoms with Gasteiger partial charge in [-0.25, -0.2) is 4.98 Å². The van der Waals surface area contributed by atoms with Gasteiger partial charge in [0.2, 0.25) is 0 Å². The Balaban J connectivity index is 1.50. The molecule has 3 aromatic rings. The van der Waals surface area contributed by atoms with Crippen LogP contribution in [0.4, 0.5) is 0 Å². The monoisotopic (exact) mass is 389 g/mol. The molecule has 0 unspecified atom stereocenters. The maximum absolute atomic E-state index is 10.8. The lowest BCUT2D eigenvalue weighted by molar-refractivity contribution is 0.471. The summed E-state index contributed by atoms with van der Waals surface area (Å²) in [6.07, 6.45) is 14.2. The van der Waals surface area contributed by atoms with Gasteiger partial charge in [-0.2, -0.15) is 0 Å². The van der Waals surface area contributed by atoms with E-state index in [1.807, 2.05) is 24.3 Å². The first-order valence-electron chi connectivity index (χ1n) is 11.5. The highest BCUT2D eigenvalue weighted by atomic mass is 16.3. The summed E-state index contributed by atoms with van der Waals surface area (Å²) in [5.41, 5.74) is 3.73. The molecule has 2 heteroatoms. The second-order valence-electron chi connectivity index (χ2n) is 8.14. The van der Waals surface area contributed by atoms with Crippen LogP contribution in [-0.2, 0) is 6.42 Å². The Kier molecular flexibility index (Phi) is 8.55. The molecule has 0 aliphatic heterocycles. The van der Waals surface area contributed by atoms with Gasteiger partial charge < -0.3 is 5.11 Å². The predicted molar refractivity (Wildman–Crippen MR) is 124 cm³/mol. The number of aryl methyl sites for hydroxylation is 1. The number of aromatic hydroxyl groups is 1. The zero-order valence-corrected chi connectivity index (χ0v) is 17.9. The molecule has 1 heterocycles. The number of hydrogen-bond donors (Lipinski definition) is 1. The van der Waals surface area contributed by atoms with E-state index >= 15 is 0 Å². The van der Waals surface area contributed by atoms with Crippen molar-refractivity contribution < 1.29 is 5.11 Å². The summed E-state index contributed by atoms with van der Waals surface area (Å²) in [4.78, 5) is 4.75. The van der Waals surface area contributed by atoms with E-state index in [0.717, 1.165) is 40.6 Å². The maximum Gasteiger partial charge on any atom is 0.145 e. The second-order valence-corrected chi connectivity index (χ2v) is 8.14. The third-order valence-electron chi connectivity index (χ3n) is 5.79. The molecule has 0 aliphatic carbocycles. The lowest BCUT2D eigenvalue weighted by atomic mass is 10.0. The van der Waals surface area contributed by atoms with Crippen molar-refractivity contribution in [3.05, 3.63) is 60.2 Å². The van der Waals surface area contributed by atoms with Crippen LogP contribution in [0.2, 0.25) is 0 Å². The normalized spacial score (nSPS) is 11.2. The van der Waals surface area contributed by atoms with Crippen LogP contribution in [0.25, 0.3) is 22.2 Å². The molecule has 0 aliphatic rings. The van der Waals surface area contributed by atoms with E-state index in [4.69, 9.17) is 4.98 Å². The number of aromatic nitrogens is 1. The summed E-state index contributed by atoms with van der Waals surface area (Å²) >= 11 is 0. The lowest BCUT2D eigenvalue weighted by Gasteiger charge is -2.09. The molecule has 0 fully saturated rings. The molecule has 0 saturated carbocycles.